The summed E-state index contributed by atoms with van der Waals surface area (Å²) in [5.74, 6) is 4.23. The fourth-order valence-electron chi connectivity index (χ4n) is 2.13. The average Bonchev–Trinajstić information content (AvgIpc) is 2.23. The van der Waals surface area contributed by atoms with Gasteiger partial charge in [-0.3, -0.25) is 0 Å². The average molecular weight is 215 g/mol. The highest BCUT2D eigenvalue weighted by molar-refractivity contribution is 7.97. The summed E-state index contributed by atoms with van der Waals surface area (Å²) in [6.07, 6.45) is 1.45. The van der Waals surface area contributed by atoms with Gasteiger partial charge in [0.05, 0.1) is 0 Å². The predicted molar refractivity (Wildman–Crippen MR) is 69.4 cm³/mol. The molecule has 0 aromatic heterocycles. The minimum Gasteiger partial charge on any atom is -0.0616 e. The van der Waals surface area contributed by atoms with E-state index in [4.69, 9.17) is 0 Å². The number of fused-ring (bicyclic) bond motifs is 1. The van der Waals surface area contributed by atoms with Crippen LogP contribution in [0.5, 0.6) is 0 Å². The first kappa shape index (κ1) is 9.29. The normalized spacial score (nSPS) is 16.5. The SMILES string of the molecule is c1ccc2c(C[S+]3CCC3)cccc2c1. The van der Waals surface area contributed by atoms with E-state index in [1.807, 2.05) is 0 Å². The third kappa shape index (κ3) is 1.76. The van der Waals surface area contributed by atoms with E-state index in [1.165, 1.54) is 34.5 Å². The monoisotopic (exact) mass is 215 g/mol. The number of rotatable bonds is 2. The molecule has 1 aliphatic heterocycles. The lowest BCUT2D eigenvalue weighted by atomic mass is 10.1. The van der Waals surface area contributed by atoms with E-state index in [2.05, 4.69) is 42.5 Å². The second-order valence-corrected chi connectivity index (χ2v) is 6.49. The van der Waals surface area contributed by atoms with Crippen molar-refractivity contribution in [2.75, 3.05) is 11.5 Å². The van der Waals surface area contributed by atoms with E-state index >= 15 is 0 Å². The van der Waals surface area contributed by atoms with Crippen LogP contribution in [0.2, 0.25) is 0 Å². The highest BCUT2D eigenvalue weighted by atomic mass is 32.2. The second kappa shape index (κ2) is 3.90. The van der Waals surface area contributed by atoms with E-state index < -0.39 is 0 Å². The molecular formula is C14H15S+. The van der Waals surface area contributed by atoms with Gasteiger partial charge in [-0.05, 0) is 21.7 Å². The molecule has 1 fully saturated rings. The van der Waals surface area contributed by atoms with Gasteiger partial charge in [0, 0.05) is 12.0 Å². The Morgan fingerprint density at radius 3 is 2.53 bits per heavy atom. The molecule has 0 bridgehead atoms. The molecular weight excluding hydrogens is 200 g/mol. The van der Waals surface area contributed by atoms with Gasteiger partial charge in [0.25, 0.3) is 0 Å². The van der Waals surface area contributed by atoms with E-state index in [-0.39, 0.29) is 0 Å². The van der Waals surface area contributed by atoms with Crippen molar-refractivity contribution in [2.24, 2.45) is 0 Å². The summed E-state index contributed by atoms with van der Waals surface area (Å²) in [6.45, 7) is 0. The molecule has 0 amide bonds. The van der Waals surface area contributed by atoms with Gasteiger partial charge < -0.3 is 0 Å². The minimum absolute atomic E-state index is 0.697. The molecule has 0 atom stereocenters. The maximum atomic E-state index is 2.30. The Balaban J connectivity index is 2.01. The van der Waals surface area contributed by atoms with Gasteiger partial charge >= 0.3 is 0 Å². The zero-order valence-corrected chi connectivity index (χ0v) is 9.59. The number of hydrogen-bond donors (Lipinski definition) is 0. The third-order valence-electron chi connectivity index (χ3n) is 3.11. The maximum Gasteiger partial charge on any atom is 0.133 e. The highest BCUT2D eigenvalue weighted by Crippen LogP contribution is 2.24. The summed E-state index contributed by atoms with van der Waals surface area (Å²) in [5.41, 5.74) is 1.55. The van der Waals surface area contributed by atoms with Crippen molar-refractivity contribution < 1.29 is 0 Å². The lowest BCUT2D eigenvalue weighted by Crippen LogP contribution is -2.26. The van der Waals surface area contributed by atoms with Gasteiger partial charge in [-0.15, -0.1) is 0 Å². The van der Waals surface area contributed by atoms with Crippen LogP contribution in [0.25, 0.3) is 10.8 Å². The van der Waals surface area contributed by atoms with Gasteiger partial charge in [-0.2, -0.15) is 0 Å². The minimum atomic E-state index is 0.697. The van der Waals surface area contributed by atoms with Crippen LogP contribution in [0.4, 0.5) is 0 Å². The van der Waals surface area contributed by atoms with Crippen LogP contribution in [0.3, 0.4) is 0 Å². The molecule has 0 radical (unpaired) electrons. The summed E-state index contributed by atoms with van der Waals surface area (Å²) in [4.78, 5) is 0. The van der Waals surface area contributed by atoms with Crippen molar-refractivity contribution in [1.29, 1.82) is 0 Å². The van der Waals surface area contributed by atoms with Crippen molar-refractivity contribution in [3.8, 4) is 0 Å². The lowest BCUT2D eigenvalue weighted by Gasteiger charge is -2.16. The van der Waals surface area contributed by atoms with Crippen molar-refractivity contribution in [3.63, 3.8) is 0 Å². The van der Waals surface area contributed by atoms with Crippen LogP contribution in [-0.4, -0.2) is 11.5 Å². The smallest absolute Gasteiger partial charge is 0.0616 e. The first-order valence-corrected chi connectivity index (χ1v) is 7.27. The van der Waals surface area contributed by atoms with Crippen LogP contribution < -0.4 is 0 Å². The maximum absolute atomic E-state index is 2.30. The molecule has 15 heavy (non-hydrogen) atoms. The molecule has 0 unspecified atom stereocenters. The molecule has 1 aliphatic rings. The lowest BCUT2D eigenvalue weighted by molar-refractivity contribution is 1.02. The molecule has 2 aromatic carbocycles. The first-order chi connectivity index (χ1) is 7.43. The molecule has 0 aliphatic carbocycles. The van der Waals surface area contributed by atoms with Crippen molar-refractivity contribution >= 4 is 21.7 Å². The second-order valence-electron chi connectivity index (χ2n) is 4.16. The van der Waals surface area contributed by atoms with E-state index in [9.17, 15) is 0 Å². The van der Waals surface area contributed by atoms with Gasteiger partial charge in [0.15, 0.2) is 0 Å². The number of hydrogen-bond acceptors (Lipinski definition) is 0. The zero-order valence-electron chi connectivity index (χ0n) is 8.78. The molecule has 0 spiro atoms. The largest absolute Gasteiger partial charge is 0.133 e. The molecule has 3 rings (SSSR count). The Bertz CT molecular complexity index is 466. The molecule has 0 saturated carbocycles. The summed E-state index contributed by atoms with van der Waals surface area (Å²) in [6, 6.07) is 15.4. The van der Waals surface area contributed by atoms with E-state index in [0.717, 1.165) is 0 Å². The van der Waals surface area contributed by atoms with E-state index in [1.54, 1.807) is 5.56 Å². The Morgan fingerprint density at radius 1 is 0.933 bits per heavy atom. The Morgan fingerprint density at radius 2 is 1.73 bits per heavy atom. The Kier molecular flexibility index (Phi) is 2.41. The summed E-state index contributed by atoms with van der Waals surface area (Å²) < 4.78 is 0. The molecule has 1 heterocycles. The molecule has 1 saturated heterocycles. The summed E-state index contributed by atoms with van der Waals surface area (Å²) >= 11 is 0. The predicted octanol–water partition coefficient (Wildman–Crippen LogP) is 3.36. The summed E-state index contributed by atoms with van der Waals surface area (Å²) in [7, 11) is 0.697. The Hall–Kier alpha value is -0.950. The van der Waals surface area contributed by atoms with Crippen molar-refractivity contribution in [2.45, 2.75) is 12.2 Å². The molecule has 0 N–H and O–H groups in total. The fraction of sp³-hybridized carbons (Fsp3) is 0.286. The van der Waals surface area contributed by atoms with Gasteiger partial charge in [0.2, 0.25) is 0 Å². The van der Waals surface area contributed by atoms with Crippen LogP contribution in [0.1, 0.15) is 12.0 Å². The van der Waals surface area contributed by atoms with Crippen LogP contribution >= 0.6 is 0 Å². The zero-order chi connectivity index (χ0) is 10.1. The molecule has 0 nitrogen and oxygen atoms in total. The van der Waals surface area contributed by atoms with Crippen molar-refractivity contribution in [3.05, 3.63) is 48.0 Å². The topological polar surface area (TPSA) is 0 Å². The van der Waals surface area contributed by atoms with Gasteiger partial charge in [0.1, 0.15) is 17.3 Å². The fourth-order valence-corrected chi connectivity index (χ4v) is 3.81. The van der Waals surface area contributed by atoms with Gasteiger partial charge in [-0.25, -0.2) is 0 Å². The Labute approximate surface area is 93.7 Å². The molecule has 1 heteroatoms. The van der Waals surface area contributed by atoms with Crippen LogP contribution in [0.15, 0.2) is 42.5 Å². The van der Waals surface area contributed by atoms with Gasteiger partial charge in [-0.1, -0.05) is 42.5 Å². The molecule has 2 aromatic rings. The quantitative estimate of drug-likeness (QED) is 0.674. The standard InChI is InChI=1S/C14H15S/c1-2-8-14-12(5-1)6-3-7-13(14)11-15-9-4-10-15/h1-3,5-8H,4,9-11H2/q+1. The van der Waals surface area contributed by atoms with Crippen molar-refractivity contribution in [1.82, 2.24) is 0 Å². The number of benzene rings is 2. The van der Waals surface area contributed by atoms with E-state index in [0.29, 0.717) is 10.9 Å². The molecule has 76 valence electrons. The highest BCUT2D eigenvalue weighted by Gasteiger charge is 2.27. The van der Waals surface area contributed by atoms with Crippen LogP contribution in [-0.2, 0) is 16.6 Å². The van der Waals surface area contributed by atoms with Crippen LogP contribution in [0, 0.1) is 0 Å². The summed E-state index contributed by atoms with van der Waals surface area (Å²) in [5, 5.41) is 2.85. The first-order valence-electron chi connectivity index (χ1n) is 5.54. The third-order valence-corrected chi connectivity index (χ3v) is 5.56.